The molecule has 0 bridgehead atoms. The van der Waals surface area contributed by atoms with Crippen LogP contribution in [0, 0.1) is 5.92 Å². The maximum Gasteiger partial charge on any atom is 0.321 e. The molecular formula is C15H21ClN2O3. The fraction of sp³-hybridized carbons (Fsp3) is 0.533. The molecule has 1 aromatic carbocycles. The van der Waals surface area contributed by atoms with Crippen LogP contribution in [-0.4, -0.2) is 43.9 Å². The summed E-state index contributed by atoms with van der Waals surface area (Å²) in [6.07, 6.45) is 0.855. The van der Waals surface area contributed by atoms with E-state index in [-0.39, 0.29) is 5.92 Å². The zero-order valence-electron chi connectivity index (χ0n) is 12.3. The summed E-state index contributed by atoms with van der Waals surface area (Å²) in [6.45, 7) is 4.13. The van der Waals surface area contributed by atoms with E-state index in [2.05, 4.69) is 10.2 Å². The predicted octanol–water partition coefficient (Wildman–Crippen LogP) is 2.24. The Bertz CT molecular complexity index is 510. The Morgan fingerprint density at radius 1 is 1.62 bits per heavy atom. The van der Waals surface area contributed by atoms with Gasteiger partial charge in [-0.3, -0.25) is 4.79 Å². The lowest BCUT2D eigenvalue weighted by molar-refractivity contribution is -0.140. The van der Waals surface area contributed by atoms with E-state index in [1.807, 2.05) is 25.1 Å². The molecule has 0 saturated carbocycles. The van der Waals surface area contributed by atoms with Crippen molar-refractivity contribution in [3.63, 3.8) is 0 Å². The molecule has 5 nitrogen and oxygen atoms in total. The molecule has 0 spiro atoms. The molecule has 2 rings (SSSR count). The van der Waals surface area contributed by atoms with E-state index >= 15 is 0 Å². The van der Waals surface area contributed by atoms with Gasteiger partial charge in [0.2, 0.25) is 0 Å². The smallest absolute Gasteiger partial charge is 0.321 e. The number of carbonyl (C=O) groups is 1. The number of ether oxygens (including phenoxy) is 1. The first-order valence-electron chi connectivity index (χ1n) is 7.11. The first-order valence-corrected chi connectivity index (χ1v) is 7.49. The second-order valence-electron chi connectivity index (χ2n) is 5.19. The van der Waals surface area contributed by atoms with Crippen LogP contribution in [0.15, 0.2) is 18.2 Å². The zero-order chi connectivity index (χ0) is 15.4. The highest BCUT2D eigenvalue weighted by atomic mass is 35.5. The Morgan fingerprint density at radius 2 is 2.38 bits per heavy atom. The van der Waals surface area contributed by atoms with E-state index in [9.17, 15) is 9.90 Å². The largest absolute Gasteiger partial charge is 0.495 e. The number of rotatable bonds is 6. The van der Waals surface area contributed by atoms with Gasteiger partial charge in [0.15, 0.2) is 0 Å². The summed E-state index contributed by atoms with van der Waals surface area (Å²) < 4.78 is 5.15. The number of hydrogen-bond donors (Lipinski definition) is 2. The minimum atomic E-state index is -0.781. The lowest BCUT2D eigenvalue weighted by Crippen LogP contribution is -2.43. The number of hydrogen-bond acceptors (Lipinski definition) is 4. The van der Waals surface area contributed by atoms with Crippen molar-refractivity contribution in [2.24, 2.45) is 5.92 Å². The molecular weight excluding hydrogens is 292 g/mol. The molecule has 1 saturated heterocycles. The average Bonchev–Trinajstić information content (AvgIpc) is 2.93. The Kier molecular flexibility index (Phi) is 5.31. The second kappa shape index (κ2) is 7.00. The van der Waals surface area contributed by atoms with E-state index < -0.39 is 12.0 Å². The monoisotopic (exact) mass is 312 g/mol. The Hall–Kier alpha value is -1.46. The van der Waals surface area contributed by atoms with Crippen molar-refractivity contribution in [3.05, 3.63) is 23.2 Å². The van der Waals surface area contributed by atoms with Crippen LogP contribution >= 0.6 is 11.6 Å². The van der Waals surface area contributed by atoms with Gasteiger partial charge in [-0.1, -0.05) is 18.5 Å². The Labute approximate surface area is 129 Å². The van der Waals surface area contributed by atoms with E-state index in [0.29, 0.717) is 23.9 Å². The average molecular weight is 313 g/mol. The van der Waals surface area contributed by atoms with Crippen molar-refractivity contribution in [1.29, 1.82) is 0 Å². The number of nitrogens with one attached hydrogen (secondary N) is 1. The summed E-state index contributed by atoms with van der Waals surface area (Å²) >= 11 is 6.15. The molecule has 0 aliphatic carbocycles. The lowest BCUT2D eigenvalue weighted by Gasteiger charge is -2.22. The van der Waals surface area contributed by atoms with Crippen LogP contribution in [0.2, 0.25) is 5.02 Å². The van der Waals surface area contributed by atoms with Gasteiger partial charge in [0.05, 0.1) is 12.1 Å². The highest BCUT2D eigenvalue weighted by Gasteiger charge is 2.33. The highest BCUT2D eigenvalue weighted by Crippen LogP contribution is 2.32. The molecule has 116 valence electrons. The molecule has 1 aromatic rings. The van der Waals surface area contributed by atoms with Crippen LogP contribution < -0.4 is 15.0 Å². The van der Waals surface area contributed by atoms with Crippen molar-refractivity contribution in [2.75, 3.05) is 31.6 Å². The van der Waals surface area contributed by atoms with E-state index in [4.69, 9.17) is 16.3 Å². The van der Waals surface area contributed by atoms with Crippen molar-refractivity contribution >= 4 is 23.3 Å². The third kappa shape index (κ3) is 3.60. The first kappa shape index (κ1) is 15.9. The second-order valence-corrected chi connectivity index (χ2v) is 5.59. The maximum absolute atomic E-state index is 11.3. The van der Waals surface area contributed by atoms with Crippen molar-refractivity contribution in [2.45, 2.75) is 19.4 Å². The molecule has 1 aliphatic rings. The van der Waals surface area contributed by atoms with Gasteiger partial charge in [0.25, 0.3) is 0 Å². The SMILES string of the molecule is CCNC(C(=O)O)C1CCN(c2ccc(OC)c(Cl)c2)C1. The van der Waals surface area contributed by atoms with E-state index in [1.165, 1.54) is 0 Å². The van der Waals surface area contributed by atoms with Gasteiger partial charge in [-0.2, -0.15) is 0 Å². The van der Waals surface area contributed by atoms with Gasteiger partial charge >= 0.3 is 5.97 Å². The zero-order valence-corrected chi connectivity index (χ0v) is 13.1. The number of methoxy groups -OCH3 is 1. The summed E-state index contributed by atoms with van der Waals surface area (Å²) in [5, 5.41) is 12.9. The molecule has 6 heteroatoms. The predicted molar refractivity (Wildman–Crippen MR) is 83.4 cm³/mol. The van der Waals surface area contributed by atoms with Crippen molar-refractivity contribution < 1.29 is 14.6 Å². The summed E-state index contributed by atoms with van der Waals surface area (Å²) in [6, 6.07) is 5.17. The summed E-state index contributed by atoms with van der Waals surface area (Å²) in [7, 11) is 1.58. The van der Waals surface area contributed by atoms with Crippen LogP contribution in [0.5, 0.6) is 5.75 Å². The first-order chi connectivity index (χ1) is 10.1. The number of halogens is 1. The molecule has 2 atom stereocenters. The Balaban J connectivity index is 2.08. The fourth-order valence-electron chi connectivity index (χ4n) is 2.82. The van der Waals surface area contributed by atoms with Crippen molar-refractivity contribution in [1.82, 2.24) is 5.32 Å². The van der Waals surface area contributed by atoms with Crippen LogP contribution in [-0.2, 0) is 4.79 Å². The van der Waals surface area contributed by atoms with E-state index in [1.54, 1.807) is 7.11 Å². The number of nitrogens with zero attached hydrogens (tertiary/aromatic N) is 1. The number of benzene rings is 1. The summed E-state index contributed by atoms with van der Waals surface area (Å²) in [5.74, 6) is -0.0352. The van der Waals surface area contributed by atoms with Gasteiger partial charge in [-0.15, -0.1) is 0 Å². The standard InChI is InChI=1S/C15H21ClN2O3/c1-3-17-14(15(19)20)10-6-7-18(9-10)11-4-5-13(21-2)12(16)8-11/h4-5,8,10,14,17H,3,6-7,9H2,1-2H3,(H,19,20). The molecule has 1 fully saturated rings. The number of carboxylic acid groups (broad SMARTS) is 1. The van der Waals surface area contributed by atoms with Crippen LogP contribution in [0.25, 0.3) is 0 Å². The molecule has 2 N–H and O–H groups in total. The normalized spacial score (nSPS) is 19.6. The van der Waals surface area contributed by atoms with Gasteiger partial charge in [-0.25, -0.2) is 0 Å². The molecule has 0 aromatic heterocycles. The molecule has 1 heterocycles. The third-order valence-corrected chi connectivity index (χ3v) is 4.18. The molecule has 2 unspecified atom stereocenters. The molecule has 1 aliphatic heterocycles. The quantitative estimate of drug-likeness (QED) is 0.843. The van der Waals surface area contributed by atoms with Crippen LogP contribution in [0.3, 0.4) is 0 Å². The van der Waals surface area contributed by atoms with Crippen LogP contribution in [0.1, 0.15) is 13.3 Å². The lowest BCUT2D eigenvalue weighted by atomic mass is 9.99. The number of anilines is 1. The molecule has 21 heavy (non-hydrogen) atoms. The summed E-state index contributed by atoms with van der Waals surface area (Å²) in [5.41, 5.74) is 1.00. The van der Waals surface area contributed by atoms with Gasteiger partial charge < -0.3 is 20.1 Å². The number of carboxylic acids is 1. The Morgan fingerprint density at radius 3 is 2.95 bits per heavy atom. The highest BCUT2D eigenvalue weighted by molar-refractivity contribution is 6.32. The molecule has 0 amide bonds. The fourth-order valence-corrected chi connectivity index (χ4v) is 3.07. The van der Waals surface area contributed by atoms with Crippen molar-refractivity contribution in [3.8, 4) is 5.75 Å². The van der Waals surface area contributed by atoms with Gasteiger partial charge in [0.1, 0.15) is 11.8 Å². The number of likely N-dealkylation sites (N-methyl/N-ethyl adjacent to an activating group) is 1. The number of aliphatic carboxylic acids is 1. The van der Waals surface area contributed by atoms with Gasteiger partial charge in [0, 0.05) is 24.7 Å². The summed E-state index contributed by atoms with van der Waals surface area (Å²) in [4.78, 5) is 13.5. The minimum absolute atomic E-state index is 0.100. The maximum atomic E-state index is 11.3. The van der Waals surface area contributed by atoms with Crippen LogP contribution in [0.4, 0.5) is 5.69 Å². The molecule has 0 radical (unpaired) electrons. The van der Waals surface area contributed by atoms with E-state index in [0.717, 1.165) is 18.7 Å². The minimum Gasteiger partial charge on any atom is -0.495 e. The van der Waals surface area contributed by atoms with Gasteiger partial charge in [-0.05, 0) is 31.2 Å². The topological polar surface area (TPSA) is 61.8 Å². The third-order valence-electron chi connectivity index (χ3n) is 3.89.